The number of benzene rings is 1. The van der Waals surface area contributed by atoms with E-state index in [1.54, 1.807) is 7.11 Å². The molecule has 2 nitrogen and oxygen atoms in total. The van der Waals surface area contributed by atoms with Crippen molar-refractivity contribution in [2.75, 3.05) is 21.2 Å². The van der Waals surface area contributed by atoms with E-state index in [0.29, 0.717) is 0 Å². The number of rotatable bonds is 3. The fraction of sp³-hybridized carbons (Fsp3) is 0.400. The summed E-state index contributed by atoms with van der Waals surface area (Å²) < 4.78 is 5.21. The van der Waals surface area contributed by atoms with Gasteiger partial charge in [-0.25, -0.2) is 0 Å². The lowest BCUT2D eigenvalue weighted by molar-refractivity contribution is 0.360. The van der Waals surface area contributed by atoms with Gasteiger partial charge < -0.3 is 4.74 Å². The summed E-state index contributed by atoms with van der Waals surface area (Å²) in [5, 5.41) is 0. The molecule has 1 rings (SSSR count). The second-order valence-electron chi connectivity index (χ2n) is 3.04. The molecule has 1 unspecified atom stereocenters. The number of alkyl halides is 1. The van der Waals surface area contributed by atoms with Crippen LogP contribution in [0.3, 0.4) is 0 Å². The number of methoxy groups -OCH3 is 1. The molecule has 72 valence electrons. The van der Waals surface area contributed by atoms with Gasteiger partial charge in [0.1, 0.15) is 11.3 Å². The van der Waals surface area contributed by atoms with E-state index in [4.69, 9.17) is 16.3 Å². The molecule has 0 aliphatic rings. The molecular formula is C10H14ClNO. The van der Waals surface area contributed by atoms with Gasteiger partial charge in [0.05, 0.1) is 7.11 Å². The third kappa shape index (κ3) is 2.36. The summed E-state index contributed by atoms with van der Waals surface area (Å²) in [5.41, 5.74) is 0.854. The molecular weight excluding hydrogens is 186 g/mol. The van der Waals surface area contributed by atoms with Crippen LogP contribution in [-0.4, -0.2) is 26.1 Å². The number of nitrogens with zero attached hydrogens (tertiary/aromatic N) is 1. The Morgan fingerprint density at radius 3 is 2.46 bits per heavy atom. The van der Waals surface area contributed by atoms with E-state index in [-0.39, 0.29) is 5.50 Å². The lowest BCUT2D eigenvalue weighted by Gasteiger charge is -2.19. The lowest BCUT2D eigenvalue weighted by Crippen LogP contribution is -2.15. The Morgan fingerprint density at radius 1 is 1.31 bits per heavy atom. The lowest BCUT2D eigenvalue weighted by atomic mass is 10.2. The van der Waals surface area contributed by atoms with E-state index in [1.807, 2.05) is 43.3 Å². The standard InChI is InChI=1S/C10H14ClNO/c1-12(2)10(11)8-6-4-5-7-9(8)13-3/h4-7,10H,1-3H3. The van der Waals surface area contributed by atoms with Gasteiger partial charge in [0.15, 0.2) is 0 Å². The number of hydrogen-bond donors (Lipinski definition) is 0. The van der Waals surface area contributed by atoms with E-state index in [1.165, 1.54) is 0 Å². The van der Waals surface area contributed by atoms with Gasteiger partial charge in [-0.1, -0.05) is 18.2 Å². The van der Waals surface area contributed by atoms with Crippen molar-refractivity contribution in [2.24, 2.45) is 0 Å². The number of ether oxygens (including phenoxy) is 1. The SMILES string of the molecule is COc1ccccc1C(Cl)N(C)C. The molecule has 3 heteroatoms. The molecule has 0 aliphatic heterocycles. The van der Waals surface area contributed by atoms with Gasteiger partial charge >= 0.3 is 0 Å². The van der Waals surface area contributed by atoms with Gasteiger partial charge in [-0.15, -0.1) is 11.6 Å². The molecule has 1 atom stereocenters. The van der Waals surface area contributed by atoms with Crippen LogP contribution in [0.15, 0.2) is 24.3 Å². The molecule has 0 N–H and O–H groups in total. The minimum absolute atomic E-state index is 0.142. The van der Waals surface area contributed by atoms with Crippen molar-refractivity contribution >= 4 is 11.6 Å². The maximum atomic E-state index is 6.17. The molecule has 0 saturated heterocycles. The predicted molar refractivity (Wildman–Crippen MR) is 55.3 cm³/mol. The van der Waals surface area contributed by atoms with Gasteiger partial charge in [-0.2, -0.15) is 0 Å². The van der Waals surface area contributed by atoms with E-state index < -0.39 is 0 Å². The number of hydrogen-bond acceptors (Lipinski definition) is 2. The molecule has 0 radical (unpaired) electrons. The molecule has 0 fully saturated rings. The fourth-order valence-corrected chi connectivity index (χ4v) is 1.32. The molecule has 13 heavy (non-hydrogen) atoms. The highest BCUT2D eigenvalue weighted by Gasteiger charge is 2.13. The van der Waals surface area contributed by atoms with Crippen molar-refractivity contribution in [1.29, 1.82) is 0 Å². The van der Waals surface area contributed by atoms with Gasteiger partial charge in [-0.3, -0.25) is 4.90 Å². The third-order valence-electron chi connectivity index (χ3n) is 1.85. The van der Waals surface area contributed by atoms with Crippen LogP contribution < -0.4 is 4.74 Å². The Kier molecular flexibility index (Phi) is 3.58. The molecule has 0 amide bonds. The van der Waals surface area contributed by atoms with E-state index in [9.17, 15) is 0 Å². The molecule has 1 aromatic carbocycles. The van der Waals surface area contributed by atoms with Crippen molar-refractivity contribution < 1.29 is 4.74 Å². The highest BCUT2D eigenvalue weighted by Crippen LogP contribution is 2.30. The van der Waals surface area contributed by atoms with Crippen LogP contribution in [0.5, 0.6) is 5.75 Å². The van der Waals surface area contributed by atoms with Gasteiger partial charge in [0.25, 0.3) is 0 Å². The summed E-state index contributed by atoms with van der Waals surface area (Å²) in [6, 6.07) is 7.77. The Balaban J connectivity index is 2.98. The zero-order valence-corrected chi connectivity index (χ0v) is 8.88. The maximum absolute atomic E-state index is 6.17. The highest BCUT2D eigenvalue weighted by molar-refractivity contribution is 6.20. The first-order valence-electron chi connectivity index (χ1n) is 4.10. The number of halogens is 1. The first-order chi connectivity index (χ1) is 6.16. The van der Waals surface area contributed by atoms with Crippen LogP contribution in [0.2, 0.25) is 0 Å². The number of para-hydroxylation sites is 1. The first-order valence-corrected chi connectivity index (χ1v) is 4.54. The zero-order chi connectivity index (χ0) is 9.84. The Bertz CT molecular complexity index is 275. The Morgan fingerprint density at radius 2 is 1.92 bits per heavy atom. The Hall–Kier alpha value is -0.730. The summed E-state index contributed by atoms with van der Waals surface area (Å²) in [7, 11) is 5.52. The average Bonchev–Trinajstić information content (AvgIpc) is 2.16. The van der Waals surface area contributed by atoms with Crippen LogP contribution >= 0.6 is 11.6 Å². The van der Waals surface area contributed by atoms with Gasteiger partial charge in [0, 0.05) is 5.56 Å². The molecule has 1 aromatic rings. The molecule has 0 saturated carbocycles. The monoisotopic (exact) mass is 199 g/mol. The molecule has 0 aliphatic carbocycles. The van der Waals surface area contributed by atoms with Crippen molar-refractivity contribution in [3.05, 3.63) is 29.8 Å². The van der Waals surface area contributed by atoms with E-state index in [0.717, 1.165) is 11.3 Å². The second-order valence-corrected chi connectivity index (χ2v) is 3.45. The molecule has 0 heterocycles. The van der Waals surface area contributed by atoms with Crippen molar-refractivity contribution in [1.82, 2.24) is 4.90 Å². The summed E-state index contributed by atoms with van der Waals surface area (Å²) in [6.07, 6.45) is 0. The molecule has 0 spiro atoms. The summed E-state index contributed by atoms with van der Waals surface area (Å²) in [5.74, 6) is 0.830. The van der Waals surface area contributed by atoms with Crippen LogP contribution in [0.4, 0.5) is 0 Å². The highest BCUT2D eigenvalue weighted by atomic mass is 35.5. The summed E-state index contributed by atoms with van der Waals surface area (Å²) in [4.78, 5) is 1.93. The molecule has 0 bridgehead atoms. The topological polar surface area (TPSA) is 12.5 Å². The normalized spacial score (nSPS) is 13.0. The van der Waals surface area contributed by atoms with Crippen molar-refractivity contribution in [3.8, 4) is 5.75 Å². The van der Waals surface area contributed by atoms with Crippen LogP contribution in [0.1, 0.15) is 11.1 Å². The van der Waals surface area contributed by atoms with E-state index in [2.05, 4.69) is 0 Å². The van der Waals surface area contributed by atoms with Crippen molar-refractivity contribution in [2.45, 2.75) is 5.50 Å². The van der Waals surface area contributed by atoms with Crippen LogP contribution in [-0.2, 0) is 0 Å². The largest absolute Gasteiger partial charge is 0.496 e. The van der Waals surface area contributed by atoms with Gasteiger partial charge in [-0.05, 0) is 20.2 Å². The minimum Gasteiger partial charge on any atom is -0.496 e. The second kappa shape index (κ2) is 4.49. The van der Waals surface area contributed by atoms with Crippen LogP contribution in [0, 0.1) is 0 Å². The third-order valence-corrected chi connectivity index (χ3v) is 2.47. The zero-order valence-electron chi connectivity index (χ0n) is 8.12. The summed E-state index contributed by atoms with van der Waals surface area (Å²) >= 11 is 6.17. The predicted octanol–water partition coefficient (Wildman–Crippen LogP) is 2.49. The quantitative estimate of drug-likeness (QED) is 0.548. The van der Waals surface area contributed by atoms with Gasteiger partial charge in [0.2, 0.25) is 0 Å². The average molecular weight is 200 g/mol. The van der Waals surface area contributed by atoms with E-state index >= 15 is 0 Å². The molecule has 0 aromatic heterocycles. The fourth-order valence-electron chi connectivity index (χ4n) is 1.14. The smallest absolute Gasteiger partial charge is 0.124 e. The Labute approximate surface area is 84.1 Å². The van der Waals surface area contributed by atoms with Crippen LogP contribution in [0.25, 0.3) is 0 Å². The van der Waals surface area contributed by atoms with Crippen molar-refractivity contribution in [3.63, 3.8) is 0 Å². The maximum Gasteiger partial charge on any atom is 0.124 e. The first kappa shape index (κ1) is 10.4. The summed E-state index contributed by atoms with van der Waals surface area (Å²) in [6.45, 7) is 0. The minimum atomic E-state index is -0.142.